The zero-order valence-corrected chi connectivity index (χ0v) is 13.0. The molecule has 0 bridgehead atoms. The van der Waals surface area contributed by atoms with Gasteiger partial charge < -0.3 is 10.1 Å². The van der Waals surface area contributed by atoms with Gasteiger partial charge in [-0.15, -0.1) is 11.6 Å². The van der Waals surface area contributed by atoms with Crippen molar-refractivity contribution >= 4 is 11.6 Å². The van der Waals surface area contributed by atoms with Gasteiger partial charge in [0.15, 0.2) is 0 Å². The smallest absolute Gasteiger partial charge is 0.0591 e. The zero-order valence-electron chi connectivity index (χ0n) is 12.3. The molecule has 1 N–H and O–H groups in total. The maximum absolute atomic E-state index is 6.12. The Labute approximate surface area is 122 Å². The Morgan fingerprint density at radius 3 is 2.47 bits per heavy atom. The molecule has 0 saturated heterocycles. The average Bonchev–Trinajstić information content (AvgIpc) is 2.43. The Morgan fingerprint density at radius 1 is 1.21 bits per heavy atom. The quantitative estimate of drug-likeness (QED) is 0.550. The first-order chi connectivity index (χ1) is 9.08. The van der Waals surface area contributed by atoms with Gasteiger partial charge in [0, 0.05) is 19.0 Å². The van der Waals surface area contributed by atoms with Crippen LogP contribution in [0.3, 0.4) is 0 Å². The molecule has 0 aromatic heterocycles. The normalized spacial score (nSPS) is 14.6. The van der Waals surface area contributed by atoms with Gasteiger partial charge in [-0.2, -0.15) is 0 Å². The van der Waals surface area contributed by atoms with Crippen molar-refractivity contribution in [1.82, 2.24) is 5.32 Å². The van der Waals surface area contributed by atoms with E-state index in [1.807, 2.05) is 18.2 Å². The second kappa shape index (κ2) is 8.57. The molecule has 1 rings (SSSR count). The molecule has 0 aliphatic carbocycles. The maximum Gasteiger partial charge on any atom is 0.0591 e. The average molecular weight is 284 g/mol. The summed E-state index contributed by atoms with van der Waals surface area (Å²) in [6, 6.07) is 10.3. The largest absolute Gasteiger partial charge is 0.380 e. The summed E-state index contributed by atoms with van der Waals surface area (Å²) in [7, 11) is 0. The summed E-state index contributed by atoms with van der Waals surface area (Å²) in [4.78, 5) is 0. The van der Waals surface area contributed by atoms with Crippen molar-refractivity contribution in [1.29, 1.82) is 0 Å². The van der Waals surface area contributed by atoms with Gasteiger partial charge in [0.05, 0.1) is 12.1 Å². The van der Waals surface area contributed by atoms with Gasteiger partial charge in [0.1, 0.15) is 0 Å². The van der Waals surface area contributed by atoms with Crippen molar-refractivity contribution < 1.29 is 4.74 Å². The first-order valence-electron chi connectivity index (χ1n) is 7.03. The second-order valence-corrected chi connectivity index (χ2v) is 5.82. The van der Waals surface area contributed by atoms with Crippen molar-refractivity contribution in [3.63, 3.8) is 0 Å². The summed E-state index contributed by atoms with van der Waals surface area (Å²) in [6.45, 7) is 8.93. The van der Waals surface area contributed by atoms with Gasteiger partial charge in [-0.3, -0.25) is 0 Å². The summed E-state index contributed by atoms with van der Waals surface area (Å²) in [6.07, 6.45) is 1.12. The highest BCUT2D eigenvalue weighted by molar-refractivity contribution is 6.18. The molecule has 0 spiro atoms. The van der Waals surface area contributed by atoms with Crippen LogP contribution in [0.5, 0.6) is 0 Å². The third-order valence-electron chi connectivity index (χ3n) is 3.28. The molecule has 108 valence electrons. The van der Waals surface area contributed by atoms with Gasteiger partial charge in [-0.1, -0.05) is 44.2 Å². The lowest BCUT2D eigenvalue weighted by Gasteiger charge is -2.29. The molecule has 1 aromatic rings. The number of alkyl halides is 1. The molecule has 1 aromatic carbocycles. The van der Waals surface area contributed by atoms with Crippen molar-refractivity contribution in [2.45, 2.75) is 32.7 Å². The molecule has 3 heteroatoms. The van der Waals surface area contributed by atoms with Crippen molar-refractivity contribution in [3.05, 3.63) is 35.9 Å². The Hall–Kier alpha value is -0.570. The van der Waals surface area contributed by atoms with Gasteiger partial charge in [-0.05, 0) is 24.8 Å². The molecule has 1 unspecified atom stereocenters. The molecule has 1 atom stereocenters. The van der Waals surface area contributed by atoms with E-state index in [-0.39, 0.29) is 5.54 Å². The topological polar surface area (TPSA) is 21.3 Å². The van der Waals surface area contributed by atoms with E-state index in [1.165, 1.54) is 5.56 Å². The fourth-order valence-corrected chi connectivity index (χ4v) is 2.10. The summed E-state index contributed by atoms with van der Waals surface area (Å²) in [5.41, 5.74) is 1.02. The third kappa shape index (κ3) is 5.94. The van der Waals surface area contributed by atoms with Crippen LogP contribution >= 0.6 is 11.6 Å². The van der Waals surface area contributed by atoms with Crippen molar-refractivity contribution in [3.8, 4) is 0 Å². The highest BCUT2D eigenvalue weighted by atomic mass is 35.5. The monoisotopic (exact) mass is 283 g/mol. The van der Waals surface area contributed by atoms with E-state index in [2.05, 4.69) is 38.2 Å². The highest BCUT2D eigenvalue weighted by Crippen LogP contribution is 2.21. The van der Waals surface area contributed by atoms with E-state index >= 15 is 0 Å². The van der Waals surface area contributed by atoms with Gasteiger partial charge in [0.25, 0.3) is 0 Å². The van der Waals surface area contributed by atoms with E-state index in [1.54, 1.807) is 0 Å². The maximum atomic E-state index is 6.12. The summed E-state index contributed by atoms with van der Waals surface area (Å²) in [5.74, 6) is 1.24. The number of ether oxygens (including phenoxy) is 1. The number of nitrogens with one attached hydrogen (secondary N) is 1. The van der Waals surface area contributed by atoms with Crippen LogP contribution in [0.15, 0.2) is 30.3 Å². The molecular weight excluding hydrogens is 258 g/mol. The summed E-state index contributed by atoms with van der Waals surface area (Å²) < 4.78 is 5.61. The van der Waals surface area contributed by atoms with E-state index in [9.17, 15) is 0 Å². The van der Waals surface area contributed by atoms with Crippen LogP contribution in [0.2, 0.25) is 0 Å². The van der Waals surface area contributed by atoms with E-state index < -0.39 is 0 Å². The minimum Gasteiger partial charge on any atom is -0.380 e. The molecular formula is C16H26ClNO. The Kier molecular flexibility index (Phi) is 7.44. The van der Waals surface area contributed by atoms with E-state index in [0.29, 0.717) is 11.8 Å². The predicted molar refractivity (Wildman–Crippen MR) is 82.8 cm³/mol. The van der Waals surface area contributed by atoms with Crippen molar-refractivity contribution in [2.75, 3.05) is 25.6 Å². The molecule has 0 amide bonds. The van der Waals surface area contributed by atoms with Crippen LogP contribution in [0.1, 0.15) is 32.8 Å². The number of rotatable bonds is 9. The summed E-state index contributed by atoms with van der Waals surface area (Å²) >= 11 is 6.12. The lowest BCUT2D eigenvalue weighted by molar-refractivity contribution is 0.120. The van der Waals surface area contributed by atoms with Gasteiger partial charge in [-0.25, -0.2) is 0 Å². The first kappa shape index (κ1) is 16.5. The van der Waals surface area contributed by atoms with Gasteiger partial charge >= 0.3 is 0 Å². The minimum atomic E-state index is -0.190. The van der Waals surface area contributed by atoms with Gasteiger partial charge in [0.2, 0.25) is 0 Å². The number of hydrogen-bond donors (Lipinski definition) is 1. The third-order valence-corrected chi connectivity index (χ3v) is 3.81. The Morgan fingerprint density at radius 2 is 1.89 bits per heavy atom. The molecule has 0 fully saturated rings. The second-order valence-electron chi connectivity index (χ2n) is 5.55. The van der Waals surface area contributed by atoms with E-state index in [4.69, 9.17) is 16.3 Å². The Balaban J connectivity index is 2.33. The minimum absolute atomic E-state index is 0.190. The Bertz CT molecular complexity index is 342. The molecule has 0 heterocycles. The van der Waals surface area contributed by atoms with Crippen LogP contribution < -0.4 is 5.32 Å². The molecule has 2 nitrogen and oxygen atoms in total. The van der Waals surface area contributed by atoms with Crippen LogP contribution in [0.4, 0.5) is 0 Å². The number of hydrogen-bond acceptors (Lipinski definition) is 2. The fraction of sp³-hybridized carbons (Fsp3) is 0.625. The van der Waals surface area contributed by atoms with E-state index in [0.717, 1.165) is 26.2 Å². The first-order valence-corrected chi connectivity index (χ1v) is 7.56. The van der Waals surface area contributed by atoms with Crippen LogP contribution in [0.25, 0.3) is 0 Å². The molecule has 0 radical (unpaired) electrons. The lowest BCUT2D eigenvalue weighted by Crippen LogP contribution is -2.43. The van der Waals surface area contributed by atoms with Crippen LogP contribution in [-0.4, -0.2) is 25.6 Å². The summed E-state index contributed by atoms with van der Waals surface area (Å²) in [5, 5.41) is 3.49. The van der Waals surface area contributed by atoms with Crippen LogP contribution in [-0.2, 0) is 10.3 Å². The fourth-order valence-electron chi connectivity index (χ4n) is 1.85. The number of benzene rings is 1. The molecule has 19 heavy (non-hydrogen) atoms. The molecule has 0 aliphatic heterocycles. The predicted octanol–water partition coefficient (Wildman–Crippen LogP) is 3.79. The number of halogens is 1. The van der Waals surface area contributed by atoms with Crippen LogP contribution in [0, 0.1) is 5.92 Å². The lowest BCUT2D eigenvalue weighted by atomic mass is 9.94. The zero-order chi connectivity index (χ0) is 14.1. The van der Waals surface area contributed by atoms with Crippen molar-refractivity contribution in [2.24, 2.45) is 5.92 Å². The molecule has 0 aliphatic rings. The molecule has 0 saturated carbocycles. The highest BCUT2D eigenvalue weighted by Gasteiger charge is 2.24. The standard InChI is InChI=1S/C16H26ClNO/c1-14(2)9-11-19-12-10-18-16(3,13-17)15-7-5-4-6-8-15/h4-8,14,18H,9-13H2,1-3H3. The SMILES string of the molecule is CC(C)CCOCCNC(C)(CCl)c1ccccc1.